The van der Waals surface area contributed by atoms with Crippen LogP contribution in [0.2, 0.25) is 0 Å². The van der Waals surface area contributed by atoms with E-state index < -0.39 is 0 Å². The van der Waals surface area contributed by atoms with Gasteiger partial charge in [-0.2, -0.15) is 0 Å². The summed E-state index contributed by atoms with van der Waals surface area (Å²) >= 11 is 3.00. The lowest BCUT2D eigenvalue weighted by Gasteiger charge is -1.96. The molecule has 0 radical (unpaired) electrons. The van der Waals surface area contributed by atoms with Crippen molar-refractivity contribution in [3.63, 3.8) is 0 Å². The van der Waals surface area contributed by atoms with Crippen LogP contribution in [-0.2, 0) is 4.79 Å². The van der Waals surface area contributed by atoms with E-state index in [1.54, 1.807) is 12.1 Å². The Labute approximate surface area is 84.3 Å². The Bertz CT molecular complexity index is 311. The van der Waals surface area contributed by atoms with Crippen molar-refractivity contribution in [3.05, 3.63) is 30.1 Å². The van der Waals surface area contributed by atoms with Gasteiger partial charge in [0.15, 0.2) is 11.6 Å². The number of aromatic nitrogens is 1. The van der Waals surface area contributed by atoms with Crippen molar-refractivity contribution in [2.75, 3.05) is 5.33 Å². The number of hydrogen-bond acceptors (Lipinski definition) is 3. The summed E-state index contributed by atoms with van der Waals surface area (Å²) in [5.74, 6) is -0.270. The molecular weight excluding hydrogens is 234 g/mol. The minimum absolute atomic E-state index is 0.0464. The quantitative estimate of drug-likeness (QED) is 0.458. The van der Waals surface area contributed by atoms with Crippen LogP contribution in [0.4, 0.5) is 0 Å². The van der Waals surface area contributed by atoms with Crippen LogP contribution in [0.3, 0.4) is 0 Å². The fourth-order valence-electron chi connectivity index (χ4n) is 0.866. The first-order valence-corrected chi connectivity index (χ1v) is 4.87. The Morgan fingerprint density at radius 2 is 1.92 bits per heavy atom. The van der Waals surface area contributed by atoms with Gasteiger partial charge in [-0.15, -0.1) is 0 Å². The first kappa shape index (κ1) is 10.1. The summed E-state index contributed by atoms with van der Waals surface area (Å²) in [4.78, 5) is 26.0. The van der Waals surface area contributed by atoms with Crippen LogP contribution in [0.25, 0.3) is 0 Å². The molecule has 1 aromatic heterocycles. The molecule has 0 aliphatic rings. The summed E-state index contributed by atoms with van der Waals surface area (Å²) < 4.78 is 0. The van der Waals surface area contributed by atoms with Gasteiger partial charge in [-0.1, -0.05) is 15.9 Å². The number of nitrogens with zero attached hydrogens (tertiary/aromatic N) is 1. The van der Waals surface area contributed by atoms with Crippen LogP contribution in [0.1, 0.15) is 16.8 Å². The Morgan fingerprint density at radius 3 is 2.46 bits per heavy atom. The highest BCUT2D eigenvalue weighted by Gasteiger charge is 2.09. The normalized spacial score (nSPS) is 9.62. The third-order valence-electron chi connectivity index (χ3n) is 1.51. The number of ketones is 2. The average molecular weight is 242 g/mol. The smallest absolute Gasteiger partial charge is 0.170 e. The molecule has 0 bridgehead atoms. The monoisotopic (exact) mass is 241 g/mol. The highest BCUT2D eigenvalue weighted by Crippen LogP contribution is 2.02. The molecule has 0 aliphatic carbocycles. The number of rotatable bonds is 4. The molecule has 68 valence electrons. The molecule has 1 heterocycles. The molecule has 0 aliphatic heterocycles. The average Bonchev–Trinajstić information content (AvgIpc) is 2.19. The Kier molecular flexibility index (Phi) is 3.76. The number of Topliss-reactive ketones (excluding diaryl/α,β-unsaturated/α-hetero) is 2. The van der Waals surface area contributed by atoms with Gasteiger partial charge >= 0.3 is 0 Å². The SMILES string of the molecule is O=C(CBr)CC(=O)c1ccncc1. The van der Waals surface area contributed by atoms with Gasteiger partial charge < -0.3 is 0 Å². The van der Waals surface area contributed by atoms with E-state index in [2.05, 4.69) is 20.9 Å². The van der Waals surface area contributed by atoms with Gasteiger partial charge in [0.2, 0.25) is 0 Å². The zero-order valence-corrected chi connectivity index (χ0v) is 8.45. The molecule has 0 N–H and O–H groups in total. The van der Waals surface area contributed by atoms with Gasteiger partial charge in [0.05, 0.1) is 11.8 Å². The number of carbonyl (C=O) groups excluding carboxylic acids is 2. The summed E-state index contributed by atoms with van der Waals surface area (Å²) in [6.07, 6.45) is 3.02. The van der Waals surface area contributed by atoms with E-state index >= 15 is 0 Å². The second kappa shape index (κ2) is 4.87. The molecule has 13 heavy (non-hydrogen) atoms. The van der Waals surface area contributed by atoms with Crippen molar-refractivity contribution in [3.8, 4) is 0 Å². The van der Waals surface area contributed by atoms with Crippen LogP contribution in [-0.4, -0.2) is 21.9 Å². The fraction of sp³-hybridized carbons (Fsp3) is 0.222. The lowest BCUT2D eigenvalue weighted by molar-refractivity contribution is -0.115. The molecule has 0 atom stereocenters. The standard InChI is InChI=1S/C9H8BrNO2/c10-6-8(12)5-9(13)7-1-3-11-4-2-7/h1-4H,5-6H2. The number of pyridine rings is 1. The third kappa shape index (κ3) is 3.06. The van der Waals surface area contributed by atoms with Crippen molar-refractivity contribution >= 4 is 27.5 Å². The van der Waals surface area contributed by atoms with Crippen LogP contribution in [0.15, 0.2) is 24.5 Å². The van der Waals surface area contributed by atoms with E-state index in [0.717, 1.165) is 0 Å². The van der Waals surface area contributed by atoms with Crippen LogP contribution in [0.5, 0.6) is 0 Å². The largest absolute Gasteiger partial charge is 0.298 e. The Hall–Kier alpha value is -1.03. The third-order valence-corrected chi connectivity index (χ3v) is 2.13. The minimum Gasteiger partial charge on any atom is -0.298 e. The second-order valence-electron chi connectivity index (χ2n) is 2.51. The highest BCUT2D eigenvalue weighted by atomic mass is 79.9. The van der Waals surface area contributed by atoms with Gasteiger partial charge in [-0.05, 0) is 12.1 Å². The number of hydrogen-bond donors (Lipinski definition) is 0. The van der Waals surface area contributed by atoms with Gasteiger partial charge in [0.25, 0.3) is 0 Å². The predicted molar refractivity (Wildman–Crippen MR) is 52.0 cm³/mol. The van der Waals surface area contributed by atoms with Crippen molar-refractivity contribution in [1.82, 2.24) is 4.98 Å². The molecule has 0 unspecified atom stereocenters. The van der Waals surface area contributed by atoms with Crippen LogP contribution < -0.4 is 0 Å². The molecule has 0 aromatic carbocycles. The summed E-state index contributed by atoms with van der Waals surface area (Å²) in [6, 6.07) is 3.20. The van der Waals surface area contributed by atoms with E-state index in [1.807, 2.05) is 0 Å². The van der Waals surface area contributed by atoms with Gasteiger partial charge in [0, 0.05) is 18.0 Å². The van der Waals surface area contributed by atoms with Crippen molar-refractivity contribution in [2.24, 2.45) is 0 Å². The van der Waals surface area contributed by atoms with Crippen LogP contribution in [0, 0.1) is 0 Å². The molecule has 3 nitrogen and oxygen atoms in total. The number of carbonyl (C=O) groups is 2. The van der Waals surface area contributed by atoms with E-state index in [9.17, 15) is 9.59 Å². The molecule has 0 spiro atoms. The van der Waals surface area contributed by atoms with Crippen molar-refractivity contribution in [2.45, 2.75) is 6.42 Å². The maximum atomic E-state index is 11.3. The molecule has 0 amide bonds. The van der Waals surface area contributed by atoms with E-state index in [4.69, 9.17) is 0 Å². The molecule has 1 rings (SSSR count). The molecular formula is C9H8BrNO2. The lowest BCUT2D eigenvalue weighted by atomic mass is 10.1. The number of alkyl halides is 1. The van der Waals surface area contributed by atoms with Crippen molar-refractivity contribution in [1.29, 1.82) is 0 Å². The van der Waals surface area contributed by atoms with E-state index in [1.165, 1.54) is 12.4 Å². The van der Waals surface area contributed by atoms with E-state index in [0.29, 0.717) is 5.56 Å². The fourth-order valence-corrected chi connectivity index (χ4v) is 1.06. The Morgan fingerprint density at radius 1 is 1.31 bits per heavy atom. The zero-order chi connectivity index (χ0) is 9.68. The predicted octanol–water partition coefficient (Wildman–Crippen LogP) is 1.62. The zero-order valence-electron chi connectivity index (χ0n) is 6.87. The molecule has 1 aromatic rings. The minimum atomic E-state index is -0.160. The van der Waals surface area contributed by atoms with E-state index in [-0.39, 0.29) is 23.3 Å². The summed E-state index contributed by atoms with van der Waals surface area (Å²) in [7, 11) is 0. The maximum Gasteiger partial charge on any atom is 0.170 e. The lowest BCUT2D eigenvalue weighted by Crippen LogP contribution is -2.08. The first-order valence-electron chi connectivity index (χ1n) is 3.75. The highest BCUT2D eigenvalue weighted by molar-refractivity contribution is 9.09. The Balaban J connectivity index is 2.65. The summed E-state index contributed by atoms with van der Waals surface area (Å²) in [5, 5.41) is 0.226. The summed E-state index contributed by atoms with van der Waals surface area (Å²) in [5.41, 5.74) is 0.532. The molecule has 0 saturated heterocycles. The molecule has 4 heteroatoms. The van der Waals surface area contributed by atoms with Gasteiger partial charge in [-0.25, -0.2) is 0 Å². The van der Waals surface area contributed by atoms with Crippen LogP contribution >= 0.6 is 15.9 Å². The molecule has 0 fully saturated rings. The second-order valence-corrected chi connectivity index (χ2v) is 3.07. The number of halogens is 1. The molecule has 0 saturated carbocycles. The topological polar surface area (TPSA) is 47.0 Å². The van der Waals surface area contributed by atoms with Gasteiger partial charge in [-0.3, -0.25) is 14.6 Å². The maximum absolute atomic E-state index is 11.3. The van der Waals surface area contributed by atoms with Crippen molar-refractivity contribution < 1.29 is 9.59 Å². The van der Waals surface area contributed by atoms with Gasteiger partial charge in [0.1, 0.15) is 0 Å². The summed E-state index contributed by atoms with van der Waals surface area (Å²) in [6.45, 7) is 0. The first-order chi connectivity index (χ1) is 6.24.